The van der Waals surface area contributed by atoms with Crippen molar-refractivity contribution in [2.24, 2.45) is 0 Å². The van der Waals surface area contributed by atoms with Gasteiger partial charge < -0.3 is 10.5 Å². The molecule has 0 radical (unpaired) electrons. The molecule has 7 nitrogen and oxygen atoms in total. The minimum Gasteiger partial charge on any atom is -0.496 e. The van der Waals surface area contributed by atoms with Gasteiger partial charge in [-0.15, -0.1) is 0 Å². The zero-order valence-corrected chi connectivity index (χ0v) is 11.8. The number of methoxy groups -OCH3 is 1. The first kappa shape index (κ1) is 13.3. The Balaban J connectivity index is 2.17. The van der Waals surface area contributed by atoms with Crippen LogP contribution in [0.3, 0.4) is 0 Å². The zero-order chi connectivity index (χ0) is 14.8. The van der Waals surface area contributed by atoms with Gasteiger partial charge in [0.1, 0.15) is 5.75 Å². The second-order valence-corrected chi connectivity index (χ2v) is 4.55. The van der Waals surface area contributed by atoms with E-state index < -0.39 is 0 Å². The molecule has 0 saturated heterocycles. The Morgan fingerprint density at radius 1 is 1.24 bits per heavy atom. The molecule has 0 unspecified atom stereocenters. The van der Waals surface area contributed by atoms with Crippen LogP contribution in [0.5, 0.6) is 5.75 Å². The largest absolute Gasteiger partial charge is 0.496 e. The molecule has 21 heavy (non-hydrogen) atoms. The van der Waals surface area contributed by atoms with Crippen molar-refractivity contribution in [3.05, 3.63) is 41.7 Å². The van der Waals surface area contributed by atoms with E-state index >= 15 is 0 Å². The number of halogens is 1. The van der Waals surface area contributed by atoms with Crippen LogP contribution >= 0.6 is 11.6 Å². The zero-order valence-electron chi connectivity index (χ0n) is 11.1. The third kappa shape index (κ3) is 2.63. The van der Waals surface area contributed by atoms with Gasteiger partial charge >= 0.3 is 0 Å². The lowest BCUT2D eigenvalue weighted by Gasteiger charge is -2.09. The van der Waals surface area contributed by atoms with Crippen molar-refractivity contribution in [3.63, 3.8) is 0 Å². The molecule has 8 heteroatoms. The Morgan fingerprint density at radius 3 is 2.81 bits per heavy atom. The molecule has 2 heterocycles. The molecule has 1 aromatic carbocycles. The third-order valence-corrected chi connectivity index (χ3v) is 2.99. The first-order valence-electron chi connectivity index (χ1n) is 6.03. The number of nitrogen functional groups attached to an aromatic ring is 1. The molecular weight excluding hydrogens is 292 g/mol. The van der Waals surface area contributed by atoms with Crippen molar-refractivity contribution in [3.8, 4) is 23.1 Å². The number of aromatic nitrogens is 5. The van der Waals surface area contributed by atoms with Gasteiger partial charge in [0.2, 0.25) is 5.95 Å². The fraction of sp³-hybridized carbons (Fsp3) is 0.0769. The molecule has 0 aliphatic rings. The number of rotatable bonds is 3. The second kappa shape index (κ2) is 5.37. The van der Waals surface area contributed by atoms with Crippen LogP contribution in [0.4, 0.5) is 5.95 Å². The molecule has 0 spiro atoms. The summed E-state index contributed by atoms with van der Waals surface area (Å²) in [6.07, 6.45) is 3.34. The normalized spacial score (nSPS) is 10.6. The predicted octanol–water partition coefficient (Wildman–Crippen LogP) is 1.97. The van der Waals surface area contributed by atoms with E-state index in [0.717, 1.165) is 0 Å². The molecule has 2 N–H and O–H groups in total. The van der Waals surface area contributed by atoms with Crippen LogP contribution in [0.15, 0.2) is 36.7 Å². The summed E-state index contributed by atoms with van der Waals surface area (Å²) in [6.45, 7) is 0. The maximum absolute atomic E-state index is 6.03. The number of hydrogen-bond donors (Lipinski definition) is 1. The van der Waals surface area contributed by atoms with Gasteiger partial charge in [-0.2, -0.15) is 20.1 Å². The molecule has 0 saturated carbocycles. The van der Waals surface area contributed by atoms with E-state index in [1.54, 1.807) is 43.8 Å². The molecule has 3 aromatic rings. The summed E-state index contributed by atoms with van der Waals surface area (Å²) in [5, 5.41) is 4.62. The number of hydrogen-bond acceptors (Lipinski definition) is 6. The Hall–Kier alpha value is -2.67. The van der Waals surface area contributed by atoms with E-state index in [1.165, 1.54) is 4.68 Å². The average molecular weight is 303 g/mol. The molecule has 2 aromatic heterocycles. The van der Waals surface area contributed by atoms with E-state index in [9.17, 15) is 0 Å². The van der Waals surface area contributed by atoms with Crippen LogP contribution in [-0.4, -0.2) is 31.8 Å². The Morgan fingerprint density at radius 2 is 2.10 bits per heavy atom. The van der Waals surface area contributed by atoms with Crippen molar-refractivity contribution in [1.82, 2.24) is 24.7 Å². The van der Waals surface area contributed by atoms with Crippen LogP contribution in [0, 0.1) is 0 Å². The lowest BCUT2D eigenvalue weighted by atomic mass is 10.2. The van der Waals surface area contributed by atoms with E-state index in [4.69, 9.17) is 22.1 Å². The smallest absolute Gasteiger partial charge is 0.255 e. The highest BCUT2D eigenvalue weighted by Crippen LogP contribution is 2.30. The highest BCUT2D eigenvalue weighted by Gasteiger charge is 2.13. The molecule has 0 bridgehead atoms. The van der Waals surface area contributed by atoms with E-state index in [1.807, 2.05) is 0 Å². The Labute approximate surface area is 125 Å². The summed E-state index contributed by atoms with van der Waals surface area (Å²) in [5.41, 5.74) is 6.39. The molecule has 0 amide bonds. The quantitative estimate of drug-likeness (QED) is 0.795. The summed E-state index contributed by atoms with van der Waals surface area (Å²) in [6, 6.07) is 6.94. The molecule has 0 fully saturated rings. The van der Waals surface area contributed by atoms with Crippen LogP contribution in [0.25, 0.3) is 17.3 Å². The SMILES string of the molecule is COc1ccc(Cl)cc1-c1nc(N)nc(-n2cccn2)n1. The predicted molar refractivity (Wildman–Crippen MR) is 78.4 cm³/mol. The van der Waals surface area contributed by atoms with Crippen LogP contribution < -0.4 is 10.5 Å². The lowest BCUT2D eigenvalue weighted by Crippen LogP contribution is -2.08. The topological polar surface area (TPSA) is 91.7 Å². The van der Waals surface area contributed by atoms with Gasteiger partial charge in [-0.05, 0) is 24.3 Å². The minimum atomic E-state index is 0.0903. The van der Waals surface area contributed by atoms with Gasteiger partial charge in [0.25, 0.3) is 5.95 Å². The van der Waals surface area contributed by atoms with Gasteiger partial charge in [0.15, 0.2) is 5.82 Å². The fourth-order valence-corrected chi connectivity index (χ4v) is 2.02. The Bertz CT molecular complexity index is 774. The van der Waals surface area contributed by atoms with Gasteiger partial charge in [-0.1, -0.05) is 11.6 Å². The van der Waals surface area contributed by atoms with E-state index in [0.29, 0.717) is 28.1 Å². The number of nitrogens with two attached hydrogens (primary N) is 1. The molecule has 106 valence electrons. The highest BCUT2D eigenvalue weighted by molar-refractivity contribution is 6.30. The number of anilines is 1. The Kier molecular flexibility index (Phi) is 3.41. The molecule has 0 aliphatic heterocycles. The maximum Gasteiger partial charge on any atom is 0.255 e. The van der Waals surface area contributed by atoms with Crippen molar-refractivity contribution in [1.29, 1.82) is 0 Å². The number of benzene rings is 1. The fourth-order valence-electron chi connectivity index (χ4n) is 1.85. The third-order valence-electron chi connectivity index (χ3n) is 2.75. The van der Waals surface area contributed by atoms with Gasteiger partial charge in [-0.3, -0.25) is 0 Å². The first-order chi connectivity index (χ1) is 10.2. The first-order valence-corrected chi connectivity index (χ1v) is 6.40. The van der Waals surface area contributed by atoms with Crippen molar-refractivity contribution < 1.29 is 4.74 Å². The summed E-state index contributed by atoms with van der Waals surface area (Å²) >= 11 is 6.03. The van der Waals surface area contributed by atoms with Gasteiger partial charge in [0, 0.05) is 17.4 Å². The minimum absolute atomic E-state index is 0.0903. The summed E-state index contributed by atoms with van der Waals surface area (Å²) < 4.78 is 6.80. The van der Waals surface area contributed by atoms with Crippen LogP contribution in [-0.2, 0) is 0 Å². The summed E-state index contributed by atoms with van der Waals surface area (Å²) in [5.74, 6) is 1.38. The molecule has 0 aliphatic carbocycles. The van der Waals surface area contributed by atoms with Crippen molar-refractivity contribution >= 4 is 17.5 Å². The maximum atomic E-state index is 6.03. The number of nitrogens with zero attached hydrogens (tertiary/aromatic N) is 5. The van der Waals surface area contributed by atoms with Crippen molar-refractivity contribution in [2.45, 2.75) is 0 Å². The van der Waals surface area contributed by atoms with Crippen molar-refractivity contribution in [2.75, 3.05) is 12.8 Å². The standard InChI is InChI=1S/C13H11ClN6O/c1-21-10-4-3-8(14)7-9(10)11-17-12(15)19-13(18-11)20-6-2-5-16-20/h2-7H,1H3,(H2,15,17,18,19). The number of ether oxygens (including phenoxy) is 1. The monoisotopic (exact) mass is 302 g/mol. The van der Waals surface area contributed by atoms with E-state index in [2.05, 4.69) is 20.1 Å². The van der Waals surface area contributed by atoms with Gasteiger partial charge in [0.05, 0.1) is 12.7 Å². The second-order valence-electron chi connectivity index (χ2n) is 4.11. The van der Waals surface area contributed by atoms with E-state index in [-0.39, 0.29) is 5.95 Å². The molecule has 0 atom stereocenters. The van der Waals surface area contributed by atoms with Gasteiger partial charge in [-0.25, -0.2) is 4.68 Å². The lowest BCUT2D eigenvalue weighted by molar-refractivity contribution is 0.416. The molecular formula is C13H11ClN6O. The van der Waals surface area contributed by atoms with Crippen LogP contribution in [0.2, 0.25) is 5.02 Å². The highest BCUT2D eigenvalue weighted by atomic mass is 35.5. The average Bonchev–Trinajstić information content (AvgIpc) is 3.01. The summed E-state index contributed by atoms with van der Waals surface area (Å²) in [4.78, 5) is 12.6. The van der Waals surface area contributed by atoms with Crippen LogP contribution in [0.1, 0.15) is 0 Å². The summed E-state index contributed by atoms with van der Waals surface area (Å²) in [7, 11) is 1.56. The molecule has 3 rings (SSSR count).